The number of hydrogen-bond acceptors (Lipinski definition) is 5. The first-order chi connectivity index (χ1) is 4.57. The number of hydrazine groups is 1. The van der Waals surface area contributed by atoms with Crippen molar-refractivity contribution in [2.45, 2.75) is 18.6 Å². The van der Waals surface area contributed by atoms with Crippen molar-refractivity contribution in [3.63, 3.8) is 0 Å². The van der Waals surface area contributed by atoms with Crippen LogP contribution in [-0.4, -0.2) is 15.6 Å². The maximum Gasteiger partial charge on any atom is 0.213 e. The van der Waals surface area contributed by atoms with E-state index >= 15 is 0 Å². The summed E-state index contributed by atoms with van der Waals surface area (Å²) in [5.41, 5.74) is 0. The molecule has 3 nitrogen and oxygen atoms in total. The molecule has 1 unspecified atom stereocenters. The fraction of sp³-hybridized carbons (Fsp3) is 0.750. The molecule has 1 N–H and O–H groups in total. The van der Waals surface area contributed by atoms with Gasteiger partial charge in [0.1, 0.15) is 0 Å². The number of rotatable bonds is 3. The van der Waals surface area contributed by atoms with E-state index in [2.05, 4.69) is 43.1 Å². The van der Waals surface area contributed by atoms with Crippen molar-refractivity contribution >= 4 is 44.2 Å². The molecule has 0 aliphatic heterocycles. The molecule has 0 saturated carbocycles. The molecule has 0 spiro atoms. The minimum atomic E-state index is -0.229. The van der Waals surface area contributed by atoms with Gasteiger partial charge in [0.05, 0.1) is 0 Å². The van der Waals surface area contributed by atoms with E-state index in [1.165, 1.54) is 0 Å². The Morgan fingerprint density at radius 1 is 1.90 bits per heavy atom. The van der Waals surface area contributed by atoms with Gasteiger partial charge >= 0.3 is 0 Å². The lowest BCUT2D eigenvalue weighted by molar-refractivity contribution is -0.126. The summed E-state index contributed by atoms with van der Waals surface area (Å²) in [6, 6.07) is 0. The molecule has 0 aromatic rings. The number of nitrogens with zero attached hydrogens (tertiary/aromatic N) is 1. The van der Waals surface area contributed by atoms with E-state index < -0.39 is 0 Å². The zero-order chi connectivity index (χ0) is 8.15. The highest BCUT2D eigenvalue weighted by atomic mass is 32.1. The van der Waals surface area contributed by atoms with E-state index in [0.717, 1.165) is 4.41 Å². The second-order valence-electron chi connectivity index (χ2n) is 1.83. The van der Waals surface area contributed by atoms with Crippen LogP contribution in [0.3, 0.4) is 0 Å². The molecule has 1 amide bonds. The van der Waals surface area contributed by atoms with Gasteiger partial charge in [0, 0.05) is 11.7 Å². The third-order valence-electron chi connectivity index (χ3n) is 0.779. The van der Waals surface area contributed by atoms with Crippen LogP contribution in [0.4, 0.5) is 0 Å². The highest BCUT2D eigenvalue weighted by molar-refractivity contribution is 7.80. The fourth-order valence-electron chi connectivity index (χ4n) is 0.387. The monoisotopic (exact) mass is 196 g/mol. The molecule has 0 rings (SSSR count). The molecule has 0 saturated heterocycles. The number of amides is 1. The Kier molecular flexibility index (Phi) is 5.42. The molecule has 0 fully saturated rings. The minimum absolute atomic E-state index is 0.0151. The number of hydrogen-bond donors (Lipinski definition) is 2. The van der Waals surface area contributed by atoms with Gasteiger partial charge in [0.15, 0.2) is 0 Å². The zero-order valence-corrected chi connectivity index (χ0v) is 7.93. The van der Waals surface area contributed by atoms with Crippen LogP contribution in [0.5, 0.6) is 0 Å². The summed E-state index contributed by atoms with van der Waals surface area (Å²) in [5.74, 6) is -0.229. The van der Waals surface area contributed by atoms with E-state index in [9.17, 15) is 4.79 Å². The lowest BCUT2D eigenvalue weighted by atomic mass is 10.3. The van der Waals surface area contributed by atoms with Crippen LogP contribution in [0.2, 0.25) is 0 Å². The van der Waals surface area contributed by atoms with Crippen LogP contribution < -0.4 is 4.83 Å². The highest BCUT2D eigenvalue weighted by Gasteiger charge is 2.02. The van der Waals surface area contributed by atoms with E-state index in [0.29, 0.717) is 6.42 Å². The third kappa shape index (κ3) is 4.32. The molecule has 0 aromatic heterocycles. The summed E-state index contributed by atoms with van der Waals surface area (Å²) >= 11 is 12.9. The smallest absolute Gasteiger partial charge is 0.213 e. The minimum Gasteiger partial charge on any atom is -0.683 e. The van der Waals surface area contributed by atoms with Crippen LogP contribution >= 0.6 is 12.6 Å². The normalized spacial score (nSPS) is 12.8. The van der Waals surface area contributed by atoms with Crippen molar-refractivity contribution in [3.05, 3.63) is 0 Å². The van der Waals surface area contributed by atoms with Gasteiger partial charge in [-0.2, -0.15) is 12.6 Å². The van der Waals surface area contributed by atoms with Gasteiger partial charge in [-0.05, 0) is 0 Å². The standard InChI is InChI=1S/C4H8N2OS3/c1-3(8)2-4(7)6(10)5-9/h3,5,8H,2H2,1H3/q-2. The van der Waals surface area contributed by atoms with Crippen molar-refractivity contribution in [2.75, 3.05) is 0 Å². The Bertz CT molecular complexity index is 119. The predicted octanol–water partition coefficient (Wildman–Crippen LogP) is -0.0482. The predicted molar refractivity (Wildman–Crippen MR) is 47.8 cm³/mol. The van der Waals surface area contributed by atoms with Crippen LogP contribution in [0.1, 0.15) is 13.3 Å². The first-order valence-corrected chi connectivity index (χ1v) is 3.93. The maximum absolute atomic E-state index is 10.8. The first-order valence-electron chi connectivity index (χ1n) is 2.64. The van der Waals surface area contributed by atoms with Crippen molar-refractivity contribution in [3.8, 4) is 0 Å². The molecule has 0 aromatic carbocycles. The third-order valence-corrected chi connectivity index (χ3v) is 1.56. The van der Waals surface area contributed by atoms with Crippen molar-refractivity contribution in [1.82, 2.24) is 9.25 Å². The average molecular weight is 196 g/mol. The van der Waals surface area contributed by atoms with Crippen LogP contribution in [-0.2, 0) is 30.4 Å². The topological polar surface area (TPSA) is 32.3 Å². The SMILES string of the molecule is CC(S)CC(=O)N([S-])N[S-]. The Labute approximate surface area is 77.0 Å². The van der Waals surface area contributed by atoms with Crippen molar-refractivity contribution in [2.24, 2.45) is 0 Å². The quantitative estimate of drug-likeness (QED) is 0.377. The molecule has 6 heteroatoms. The Morgan fingerprint density at radius 2 is 2.40 bits per heavy atom. The van der Waals surface area contributed by atoms with E-state index in [4.69, 9.17) is 0 Å². The molecule has 0 radical (unpaired) electrons. The summed E-state index contributed by atoms with van der Waals surface area (Å²) in [4.78, 5) is 12.9. The molecular weight excluding hydrogens is 188 g/mol. The van der Waals surface area contributed by atoms with Gasteiger partial charge in [-0.3, -0.25) is 4.79 Å². The molecule has 0 aliphatic rings. The lowest BCUT2D eigenvalue weighted by Crippen LogP contribution is -2.35. The Balaban J connectivity index is 3.62. The second kappa shape index (κ2) is 5.17. The van der Waals surface area contributed by atoms with E-state index in [1.54, 1.807) is 0 Å². The maximum atomic E-state index is 10.8. The van der Waals surface area contributed by atoms with E-state index in [1.807, 2.05) is 6.92 Å². The summed E-state index contributed by atoms with van der Waals surface area (Å²) < 4.78 is 0.849. The van der Waals surface area contributed by atoms with Crippen LogP contribution in [0, 0.1) is 0 Å². The second-order valence-corrected chi connectivity index (χ2v) is 3.26. The molecule has 60 valence electrons. The number of carbonyl (C=O) groups is 1. The van der Waals surface area contributed by atoms with E-state index in [-0.39, 0.29) is 11.2 Å². The lowest BCUT2D eigenvalue weighted by Gasteiger charge is -2.34. The van der Waals surface area contributed by atoms with Gasteiger partial charge in [-0.1, -0.05) is 6.92 Å². The fourth-order valence-corrected chi connectivity index (χ4v) is 0.719. The summed E-state index contributed by atoms with van der Waals surface area (Å²) in [5, 5.41) is 0.0151. The number of carbonyl (C=O) groups excluding carboxylic acids is 1. The summed E-state index contributed by atoms with van der Waals surface area (Å²) in [6.07, 6.45) is 0.302. The largest absolute Gasteiger partial charge is 0.683 e. The van der Waals surface area contributed by atoms with Gasteiger partial charge < -0.3 is 34.9 Å². The van der Waals surface area contributed by atoms with Gasteiger partial charge in [0.25, 0.3) is 0 Å². The van der Waals surface area contributed by atoms with Crippen molar-refractivity contribution < 1.29 is 4.79 Å². The highest BCUT2D eigenvalue weighted by Crippen LogP contribution is 2.00. The first kappa shape index (κ1) is 10.5. The Hall–Kier alpha value is 0.480. The molecule has 0 bridgehead atoms. The number of thiol groups is 1. The molecule has 0 heterocycles. The molecule has 10 heavy (non-hydrogen) atoms. The van der Waals surface area contributed by atoms with Gasteiger partial charge in [-0.25, -0.2) is 0 Å². The summed E-state index contributed by atoms with van der Waals surface area (Å²) in [7, 11) is 0. The van der Waals surface area contributed by atoms with Crippen LogP contribution in [0.15, 0.2) is 0 Å². The van der Waals surface area contributed by atoms with Gasteiger partial charge in [0.2, 0.25) is 5.91 Å². The Morgan fingerprint density at radius 3 is 2.70 bits per heavy atom. The molecule has 1 atom stereocenters. The number of nitrogens with one attached hydrogen (secondary N) is 1. The average Bonchev–Trinajstić information content (AvgIpc) is 1.85. The van der Waals surface area contributed by atoms with Crippen LogP contribution in [0.25, 0.3) is 0 Å². The zero-order valence-electron chi connectivity index (χ0n) is 5.40. The van der Waals surface area contributed by atoms with Gasteiger partial charge in [-0.15, -0.1) is 0 Å². The molecular formula is C4H8N2OS3-2. The molecule has 0 aliphatic carbocycles. The van der Waals surface area contributed by atoms with Crippen molar-refractivity contribution in [1.29, 1.82) is 0 Å². The summed E-state index contributed by atoms with van der Waals surface area (Å²) in [6.45, 7) is 1.81.